The summed E-state index contributed by atoms with van der Waals surface area (Å²) in [7, 11) is 2.20. The van der Waals surface area contributed by atoms with Crippen LogP contribution >= 0.6 is 11.6 Å². The van der Waals surface area contributed by atoms with Crippen molar-refractivity contribution >= 4 is 28.5 Å². The largest absolute Gasteiger partial charge is 0.383 e. The van der Waals surface area contributed by atoms with Gasteiger partial charge in [-0.05, 0) is 50.4 Å². The van der Waals surface area contributed by atoms with Crippen molar-refractivity contribution in [1.82, 2.24) is 24.3 Å². The summed E-state index contributed by atoms with van der Waals surface area (Å²) < 4.78 is 17.6. The molecule has 2 aliphatic rings. The molecule has 37 heavy (non-hydrogen) atoms. The molecule has 0 unspecified atom stereocenters. The first-order chi connectivity index (χ1) is 18.0. The van der Waals surface area contributed by atoms with Gasteiger partial charge in [0.2, 0.25) is 0 Å². The van der Waals surface area contributed by atoms with Crippen molar-refractivity contribution in [2.75, 3.05) is 39.0 Å². The van der Waals surface area contributed by atoms with Crippen molar-refractivity contribution in [3.63, 3.8) is 0 Å². The van der Waals surface area contributed by atoms with Crippen LogP contribution in [-0.4, -0.2) is 63.6 Å². The Kier molecular flexibility index (Phi) is 6.61. The van der Waals surface area contributed by atoms with E-state index >= 15 is 4.39 Å². The number of nitrogens with zero attached hydrogens (tertiary/aromatic N) is 5. The molecule has 0 spiro atoms. The Hall–Kier alpha value is -3.00. The summed E-state index contributed by atoms with van der Waals surface area (Å²) in [6.45, 7) is 4.60. The highest BCUT2D eigenvalue weighted by atomic mass is 35.5. The maximum absolute atomic E-state index is 15.4. The van der Waals surface area contributed by atoms with Crippen molar-refractivity contribution in [2.45, 2.75) is 37.8 Å². The van der Waals surface area contributed by atoms with Gasteiger partial charge in [0.05, 0.1) is 5.39 Å². The molecule has 0 amide bonds. The molecule has 0 atom stereocenters. The van der Waals surface area contributed by atoms with Crippen molar-refractivity contribution < 1.29 is 4.39 Å². The summed E-state index contributed by atoms with van der Waals surface area (Å²) in [6, 6.07) is 13.6. The third-order valence-corrected chi connectivity index (χ3v) is 8.53. The summed E-state index contributed by atoms with van der Waals surface area (Å²) in [6.07, 6.45) is 8.14. The number of nitrogens with two attached hydrogens (primary N) is 1. The van der Waals surface area contributed by atoms with Crippen LogP contribution in [0.5, 0.6) is 0 Å². The highest BCUT2D eigenvalue weighted by molar-refractivity contribution is 6.33. The maximum Gasteiger partial charge on any atom is 0.146 e. The Morgan fingerprint density at radius 3 is 2.35 bits per heavy atom. The molecule has 192 valence electrons. The number of nitrogen functional groups attached to an aromatic ring is 1. The minimum Gasteiger partial charge on any atom is -0.383 e. The van der Waals surface area contributed by atoms with Gasteiger partial charge in [0.1, 0.15) is 23.6 Å². The van der Waals surface area contributed by atoms with Crippen molar-refractivity contribution in [3.05, 3.63) is 65.8 Å². The second-order valence-corrected chi connectivity index (χ2v) is 10.8. The lowest BCUT2D eigenvalue weighted by molar-refractivity contribution is 0.0828. The smallest absolute Gasteiger partial charge is 0.146 e. The van der Waals surface area contributed by atoms with Crippen LogP contribution in [0.2, 0.25) is 5.02 Å². The fourth-order valence-electron chi connectivity index (χ4n) is 6.07. The molecule has 2 N–H and O–H groups in total. The zero-order chi connectivity index (χ0) is 25.5. The van der Waals surface area contributed by atoms with Crippen LogP contribution in [0.4, 0.5) is 10.2 Å². The monoisotopic (exact) mass is 518 g/mol. The van der Waals surface area contributed by atoms with E-state index in [2.05, 4.69) is 37.6 Å². The highest BCUT2D eigenvalue weighted by Crippen LogP contribution is 2.40. The Morgan fingerprint density at radius 1 is 0.892 bits per heavy atom. The van der Waals surface area contributed by atoms with Crippen LogP contribution in [0.1, 0.15) is 31.7 Å². The SMILES string of the molecule is CN1CCN(C2CCC(n3cc(-c4ccc(-c5ccccc5Cl)c(F)c4)c4c(N)ncnc43)CC2)CC1. The number of aromatic nitrogens is 3. The van der Waals surface area contributed by atoms with E-state index in [1.807, 2.05) is 24.3 Å². The molecule has 0 bridgehead atoms. The number of hydrogen-bond acceptors (Lipinski definition) is 5. The van der Waals surface area contributed by atoms with E-state index in [0.717, 1.165) is 61.2 Å². The summed E-state index contributed by atoms with van der Waals surface area (Å²) in [4.78, 5) is 14.0. The van der Waals surface area contributed by atoms with E-state index < -0.39 is 0 Å². The predicted molar refractivity (Wildman–Crippen MR) is 148 cm³/mol. The van der Waals surface area contributed by atoms with Crippen molar-refractivity contribution in [1.29, 1.82) is 0 Å². The van der Waals surface area contributed by atoms with Crippen LogP contribution in [0.25, 0.3) is 33.3 Å². The minimum absolute atomic E-state index is 0.324. The number of benzene rings is 2. The van der Waals surface area contributed by atoms with Crippen molar-refractivity contribution in [2.24, 2.45) is 0 Å². The van der Waals surface area contributed by atoms with Gasteiger partial charge in [-0.25, -0.2) is 14.4 Å². The molecule has 2 aromatic carbocycles. The number of anilines is 1. The average molecular weight is 519 g/mol. The zero-order valence-corrected chi connectivity index (χ0v) is 21.8. The molecule has 6 rings (SSSR count). The van der Waals surface area contributed by atoms with Gasteiger partial charge in [-0.1, -0.05) is 41.9 Å². The van der Waals surface area contributed by atoms with Gasteiger partial charge < -0.3 is 15.2 Å². The summed E-state index contributed by atoms with van der Waals surface area (Å²) >= 11 is 6.33. The second-order valence-electron chi connectivity index (χ2n) is 10.4. The number of rotatable bonds is 4. The molecule has 1 saturated heterocycles. The Balaban J connectivity index is 1.31. The lowest BCUT2D eigenvalue weighted by Crippen LogP contribution is -2.49. The zero-order valence-electron chi connectivity index (χ0n) is 21.1. The summed E-state index contributed by atoms with van der Waals surface area (Å²) in [5.74, 6) is 0.0927. The van der Waals surface area contributed by atoms with E-state index in [1.165, 1.54) is 19.2 Å². The molecule has 4 aromatic rings. The summed E-state index contributed by atoms with van der Waals surface area (Å²) in [5, 5.41) is 1.31. The molecule has 2 aromatic heterocycles. The molecular formula is C29H32ClFN6. The first kappa shape index (κ1) is 24.3. The van der Waals surface area contributed by atoms with Gasteiger partial charge in [0.25, 0.3) is 0 Å². The Labute approximate surface area is 221 Å². The van der Waals surface area contributed by atoms with Gasteiger partial charge in [0, 0.05) is 66.2 Å². The highest BCUT2D eigenvalue weighted by Gasteiger charge is 2.30. The maximum atomic E-state index is 15.4. The molecule has 0 radical (unpaired) electrons. The van der Waals surface area contributed by atoms with Crippen molar-refractivity contribution in [3.8, 4) is 22.3 Å². The van der Waals surface area contributed by atoms with Crippen LogP contribution in [0, 0.1) is 5.82 Å². The lowest BCUT2D eigenvalue weighted by Gasteiger charge is -2.41. The number of likely N-dealkylation sites (N-methyl/N-ethyl adjacent to an activating group) is 1. The van der Waals surface area contributed by atoms with E-state index in [1.54, 1.807) is 18.2 Å². The number of hydrogen-bond donors (Lipinski definition) is 1. The number of fused-ring (bicyclic) bond motifs is 1. The fourth-order valence-corrected chi connectivity index (χ4v) is 6.31. The van der Waals surface area contributed by atoms with Gasteiger partial charge in [-0.3, -0.25) is 4.90 Å². The number of piperazine rings is 1. The normalized spacial score (nSPS) is 21.5. The van der Waals surface area contributed by atoms with E-state index in [9.17, 15) is 0 Å². The van der Waals surface area contributed by atoms with Gasteiger partial charge >= 0.3 is 0 Å². The Morgan fingerprint density at radius 2 is 1.62 bits per heavy atom. The molecule has 3 heterocycles. The molecular weight excluding hydrogens is 487 g/mol. The topological polar surface area (TPSA) is 63.2 Å². The molecule has 6 nitrogen and oxygen atoms in total. The average Bonchev–Trinajstić information content (AvgIpc) is 3.31. The fraction of sp³-hybridized carbons (Fsp3) is 0.379. The molecule has 8 heteroatoms. The van der Waals surface area contributed by atoms with E-state index in [0.29, 0.717) is 34.1 Å². The van der Waals surface area contributed by atoms with Crippen LogP contribution in [-0.2, 0) is 0 Å². The van der Waals surface area contributed by atoms with Gasteiger partial charge in [0.15, 0.2) is 0 Å². The molecule has 1 aliphatic carbocycles. The number of halogens is 2. The van der Waals surface area contributed by atoms with Crippen LogP contribution < -0.4 is 5.73 Å². The lowest BCUT2D eigenvalue weighted by atomic mass is 9.89. The minimum atomic E-state index is -0.324. The van der Waals surface area contributed by atoms with E-state index in [4.69, 9.17) is 17.3 Å². The third-order valence-electron chi connectivity index (χ3n) is 8.20. The van der Waals surface area contributed by atoms with Crippen LogP contribution in [0.15, 0.2) is 55.0 Å². The first-order valence-electron chi connectivity index (χ1n) is 13.1. The third kappa shape index (κ3) is 4.60. The standard InChI is InChI=1S/C29H32ClFN6/c1-35-12-14-36(15-13-35)20-7-9-21(10-8-20)37-17-24(27-28(32)33-18-34-29(27)37)19-6-11-23(26(31)16-19)22-4-2-3-5-25(22)30/h2-6,11,16-18,20-21H,7-10,12-15H2,1H3,(H2,32,33,34). The molecule has 1 aliphatic heterocycles. The summed E-state index contributed by atoms with van der Waals surface area (Å²) in [5.41, 5.74) is 9.95. The predicted octanol–water partition coefficient (Wildman–Crippen LogP) is 5.87. The Bertz CT molecular complexity index is 1420. The van der Waals surface area contributed by atoms with E-state index in [-0.39, 0.29) is 5.82 Å². The van der Waals surface area contributed by atoms with Gasteiger partial charge in [-0.15, -0.1) is 0 Å². The quantitative estimate of drug-likeness (QED) is 0.366. The molecule has 2 fully saturated rings. The van der Waals surface area contributed by atoms with Gasteiger partial charge in [-0.2, -0.15) is 0 Å². The first-order valence-corrected chi connectivity index (χ1v) is 13.5. The molecule has 1 saturated carbocycles. The second kappa shape index (κ2) is 10.0. The van der Waals surface area contributed by atoms with Crippen LogP contribution in [0.3, 0.4) is 0 Å².